The first-order chi connectivity index (χ1) is 11.4. The fourth-order valence-electron chi connectivity index (χ4n) is 3.93. The van der Waals surface area contributed by atoms with E-state index in [0.717, 1.165) is 56.1 Å². The molecule has 0 radical (unpaired) electrons. The Hall–Kier alpha value is -2.19. The molecule has 23 heavy (non-hydrogen) atoms. The van der Waals surface area contributed by atoms with Crippen LogP contribution >= 0.6 is 0 Å². The standard InChI is InChI=1S/C18H21N5/c19-12-16(14-6-2-1-3-7-14)22-10-4-8-15(13-22)18-21-20-17-9-5-11-23(17)18/h1-3,6-7,15-16H,4-5,8-11,13H2/t15-,16-/m1/s1. The van der Waals surface area contributed by atoms with E-state index in [0.29, 0.717) is 5.92 Å². The number of aromatic nitrogens is 3. The van der Waals surface area contributed by atoms with Crippen LogP contribution in [0.5, 0.6) is 0 Å². The Bertz CT molecular complexity index is 715. The number of benzene rings is 1. The lowest BCUT2D eigenvalue weighted by Gasteiger charge is -2.35. The highest BCUT2D eigenvalue weighted by Crippen LogP contribution is 2.32. The van der Waals surface area contributed by atoms with Crippen molar-refractivity contribution >= 4 is 0 Å². The average Bonchev–Trinajstić information content (AvgIpc) is 3.20. The summed E-state index contributed by atoms with van der Waals surface area (Å²) in [5.41, 5.74) is 1.09. The van der Waals surface area contributed by atoms with Gasteiger partial charge in [-0.15, -0.1) is 10.2 Å². The first-order valence-electron chi connectivity index (χ1n) is 8.47. The Balaban J connectivity index is 1.56. The Morgan fingerprint density at radius 3 is 2.83 bits per heavy atom. The number of likely N-dealkylation sites (tertiary alicyclic amines) is 1. The van der Waals surface area contributed by atoms with Gasteiger partial charge >= 0.3 is 0 Å². The number of hydrogen-bond acceptors (Lipinski definition) is 4. The van der Waals surface area contributed by atoms with Gasteiger partial charge in [-0.25, -0.2) is 0 Å². The summed E-state index contributed by atoms with van der Waals surface area (Å²) in [6.07, 6.45) is 4.48. The quantitative estimate of drug-likeness (QED) is 0.875. The third kappa shape index (κ3) is 2.64. The van der Waals surface area contributed by atoms with Crippen molar-refractivity contribution in [3.05, 3.63) is 47.5 Å². The molecule has 5 heteroatoms. The second-order valence-electron chi connectivity index (χ2n) is 6.51. The van der Waals surface area contributed by atoms with Crippen LogP contribution in [-0.2, 0) is 13.0 Å². The number of hydrogen-bond donors (Lipinski definition) is 0. The number of rotatable bonds is 3. The fourth-order valence-corrected chi connectivity index (χ4v) is 3.93. The maximum Gasteiger partial charge on any atom is 0.137 e. The molecule has 118 valence electrons. The van der Waals surface area contributed by atoms with E-state index >= 15 is 0 Å². The molecule has 0 spiro atoms. The van der Waals surface area contributed by atoms with Crippen molar-refractivity contribution in [1.82, 2.24) is 19.7 Å². The monoisotopic (exact) mass is 307 g/mol. The Kier molecular flexibility index (Phi) is 3.84. The number of fused-ring (bicyclic) bond motifs is 1. The molecule has 0 unspecified atom stereocenters. The van der Waals surface area contributed by atoms with Gasteiger partial charge in [0.15, 0.2) is 0 Å². The molecule has 0 bridgehead atoms. The normalized spacial score (nSPS) is 22.5. The molecule has 3 heterocycles. The third-order valence-electron chi connectivity index (χ3n) is 5.06. The average molecular weight is 307 g/mol. The minimum atomic E-state index is -0.167. The molecule has 2 aromatic rings. The number of piperidine rings is 1. The van der Waals surface area contributed by atoms with Gasteiger partial charge in [-0.2, -0.15) is 5.26 Å². The Labute approximate surface area is 136 Å². The van der Waals surface area contributed by atoms with Gasteiger partial charge in [0.25, 0.3) is 0 Å². The summed E-state index contributed by atoms with van der Waals surface area (Å²) in [5, 5.41) is 18.5. The maximum absolute atomic E-state index is 9.68. The topological polar surface area (TPSA) is 57.7 Å². The van der Waals surface area contributed by atoms with Gasteiger partial charge in [0.1, 0.15) is 17.7 Å². The predicted octanol–water partition coefficient (Wildman–Crippen LogP) is 2.67. The lowest BCUT2D eigenvalue weighted by molar-refractivity contribution is 0.173. The van der Waals surface area contributed by atoms with Crippen molar-refractivity contribution in [3.8, 4) is 6.07 Å². The highest BCUT2D eigenvalue weighted by molar-refractivity contribution is 5.24. The Morgan fingerprint density at radius 2 is 2.00 bits per heavy atom. The number of nitriles is 1. The van der Waals surface area contributed by atoms with Gasteiger partial charge in [0, 0.05) is 25.4 Å². The summed E-state index contributed by atoms with van der Waals surface area (Å²) in [5.74, 6) is 2.66. The molecule has 0 amide bonds. The van der Waals surface area contributed by atoms with Crippen molar-refractivity contribution in [2.45, 2.75) is 44.2 Å². The Morgan fingerprint density at radius 1 is 1.13 bits per heavy atom. The van der Waals surface area contributed by atoms with Crippen LogP contribution in [0.1, 0.15) is 48.4 Å². The van der Waals surface area contributed by atoms with Crippen LogP contribution in [0, 0.1) is 11.3 Å². The molecule has 0 saturated carbocycles. The summed E-state index contributed by atoms with van der Waals surface area (Å²) >= 11 is 0. The molecule has 1 aromatic heterocycles. The summed E-state index contributed by atoms with van der Waals surface area (Å²) in [7, 11) is 0. The van der Waals surface area contributed by atoms with Crippen LogP contribution in [0.2, 0.25) is 0 Å². The smallest absolute Gasteiger partial charge is 0.137 e. The molecule has 1 saturated heterocycles. The zero-order valence-corrected chi connectivity index (χ0v) is 13.2. The zero-order chi connectivity index (χ0) is 15.6. The fraction of sp³-hybridized carbons (Fsp3) is 0.500. The minimum absolute atomic E-state index is 0.167. The maximum atomic E-state index is 9.68. The van der Waals surface area contributed by atoms with Crippen LogP contribution in [0.3, 0.4) is 0 Å². The van der Waals surface area contributed by atoms with E-state index in [-0.39, 0.29) is 6.04 Å². The molecule has 2 atom stereocenters. The van der Waals surface area contributed by atoms with Crippen molar-refractivity contribution in [2.75, 3.05) is 13.1 Å². The van der Waals surface area contributed by atoms with E-state index in [1.165, 1.54) is 6.42 Å². The SMILES string of the molecule is N#C[C@H](c1ccccc1)N1CCC[C@@H](c2nnc3n2CCC3)C1. The predicted molar refractivity (Wildman–Crippen MR) is 86.7 cm³/mol. The van der Waals surface area contributed by atoms with Crippen molar-refractivity contribution in [2.24, 2.45) is 0 Å². The molecule has 1 aromatic carbocycles. The molecule has 5 nitrogen and oxygen atoms in total. The lowest BCUT2D eigenvalue weighted by atomic mass is 9.94. The third-order valence-corrected chi connectivity index (χ3v) is 5.06. The van der Waals surface area contributed by atoms with Crippen molar-refractivity contribution in [1.29, 1.82) is 5.26 Å². The van der Waals surface area contributed by atoms with E-state index in [2.05, 4.69) is 25.7 Å². The van der Waals surface area contributed by atoms with Crippen molar-refractivity contribution < 1.29 is 0 Å². The second kappa shape index (κ2) is 6.13. The molecule has 0 N–H and O–H groups in total. The van der Waals surface area contributed by atoms with E-state index < -0.39 is 0 Å². The zero-order valence-electron chi connectivity index (χ0n) is 13.2. The second-order valence-corrected chi connectivity index (χ2v) is 6.51. The number of nitrogens with zero attached hydrogens (tertiary/aromatic N) is 5. The first-order valence-corrected chi connectivity index (χ1v) is 8.47. The largest absolute Gasteiger partial charge is 0.315 e. The van der Waals surface area contributed by atoms with Crippen LogP contribution < -0.4 is 0 Å². The van der Waals surface area contributed by atoms with Crippen LogP contribution in [-0.4, -0.2) is 32.8 Å². The van der Waals surface area contributed by atoms with E-state index in [9.17, 15) is 5.26 Å². The minimum Gasteiger partial charge on any atom is -0.315 e. The van der Waals surface area contributed by atoms with Gasteiger partial charge in [-0.3, -0.25) is 4.90 Å². The summed E-state index contributed by atoms with van der Waals surface area (Å²) in [6, 6.07) is 12.4. The van der Waals surface area contributed by atoms with E-state index in [1.807, 2.05) is 30.3 Å². The van der Waals surface area contributed by atoms with Crippen LogP contribution in [0.25, 0.3) is 0 Å². The van der Waals surface area contributed by atoms with Gasteiger partial charge < -0.3 is 4.57 Å². The molecule has 1 fully saturated rings. The van der Waals surface area contributed by atoms with Crippen molar-refractivity contribution in [3.63, 3.8) is 0 Å². The molecule has 0 aliphatic carbocycles. The summed E-state index contributed by atoms with van der Waals surface area (Å²) in [6.45, 7) is 2.92. The molecule has 2 aliphatic rings. The number of aryl methyl sites for hydroxylation is 1. The van der Waals surface area contributed by atoms with Gasteiger partial charge in [0.2, 0.25) is 0 Å². The lowest BCUT2D eigenvalue weighted by Crippen LogP contribution is -2.37. The summed E-state index contributed by atoms with van der Waals surface area (Å²) < 4.78 is 2.30. The molecular formula is C18H21N5. The summed E-state index contributed by atoms with van der Waals surface area (Å²) in [4.78, 5) is 2.31. The molecular weight excluding hydrogens is 286 g/mol. The molecule has 2 aliphatic heterocycles. The first kappa shape index (κ1) is 14.4. The highest BCUT2D eigenvalue weighted by atomic mass is 15.3. The van der Waals surface area contributed by atoms with Gasteiger partial charge in [-0.1, -0.05) is 30.3 Å². The van der Waals surface area contributed by atoms with E-state index in [1.54, 1.807) is 0 Å². The van der Waals surface area contributed by atoms with Crippen LogP contribution in [0.4, 0.5) is 0 Å². The molecule has 4 rings (SSSR count). The van der Waals surface area contributed by atoms with E-state index in [4.69, 9.17) is 0 Å². The highest BCUT2D eigenvalue weighted by Gasteiger charge is 2.31. The van der Waals surface area contributed by atoms with Gasteiger partial charge in [0.05, 0.1) is 6.07 Å². The van der Waals surface area contributed by atoms with Gasteiger partial charge in [-0.05, 0) is 31.4 Å². The van der Waals surface area contributed by atoms with Crippen LogP contribution in [0.15, 0.2) is 30.3 Å².